The van der Waals surface area contributed by atoms with Crippen LogP contribution in [-0.2, 0) is 0 Å². The zero-order valence-corrected chi connectivity index (χ0v) is 22.2. The second-order valence-corrected chi connectivity index (χ2v) is 8.98. The van der Waals surface area contributed by atoms with E-state index in [1.54, 1.807) is 12.1 Å². The van der Waals surface area contributed by atoms with Gasteiger partial charge in [0, 0.05) is 33.9 Å². The fraction of sp³-hybridized carbons (Fsp3) is 0.0357. The van der Waals surface area contributed by atoms with Crippen molar-refractivity contribution < 1.29 is 0 Å². The molecule has 0 amide bonds. The maximum absolute atomic E-state index is 5.81. The molecule has 0 radical (unpaired) electrons. The molecule has 0 saturated heterocycles. The van der Waals surface area contributed by atoms with E-state index in [9.17, 15) is 0 Å². The fourth-order valence-corrected chi connectivity index (χ4v) is 3.90. The summed E-state index contributed by atoms with van der Waals surface area (Å²) in [6.45, 7) is 1.95. The van der Waals surface area contributed by atoms with Crippen molar-refractivity contribution in [3.63, 3.8) is 0 Å². The number of anilines is 3. The summed E-state index contributed by atoms with van der Waals surface area (Å²) < 4.78 is 0. The lowest BCUT2D eigenvalue weighted by molar-refractivity contribution is 1.21. The molecule has 6 nitrogen and oxygen atoms in total. The minimum atomic E-state index is 0.319. The monoisotopic (exact) mass is 550 g/mol. The second kappa shape index (κ2) is 13.5. The van der Waals surface area contributed by atoms with Crippen molar-refractivity contribution in [3.05, 3.63) is 118 Å². The van der Waals surface area contributed by atoms with Crippen LogP contribution in [0.2, 0.25) is 15.5 Å². The van der Waals surface area contributed by atoms with Gasteiger partial charge in [-0.3, -0.25) is 4.98 Å². The molecule has 0 saturated carbocycles. The van der Waals surface area contributed by atoms with Gasteiger partial charge in [0.2, 0.25) is 0 Å². The van der Waals surface area contributed by atoms with Gasteiger partial charge in [-0.1, -0.05) is 95.5 Å². The summed E-state index contributed by atoms with van der Waals surface area (Å²) in [5.41, 5.74) is 23.5. The molecule has 0 aliphatic heterocycles. The van der Waals surface area contributed by atoms with Gasteiger partial charge in [0.05, 0.1) is 11.4 Å². The van der Waals surface area contributed by atoms with Crippen LogP contribution in [0.3, 0.4) is 0 Å². The molecule has 5 aromatic rings. The first-order valence-electron chi connectivity index (χ1n) is 11.1. The summed E-state index contributed by atoms with van der Waals surface area (Å²) in [4.78, 5) is 12.3. The Morgan fingerprint density at radius 3 is 1.27 bits per heavy atom. The van der Waals surface area contributed by atoms with Crippen molar-refractivity contribution in [2.45, 2.75) is 6.92 Å². The summed E-state index contributed by atoms with van der Waals surface area (Å²) in [7, 11) is 0. The normalized spacial score (nSPS) is 9.95. The first-order chi connectivity index (χ1) is 17.7. The number of aromatic nitrogens is 3. The third kappa shape index (κ3) is 9.28. The van der Waals surface area contributed by atoms with Gasteiger partial charge in [-0.2, -0.15) is 0 Å². The summed E-state index contributed by atoms with van der Waals surface area (Å²) in [6.07, 6.45) is 0. The van der Waals surface area contributed by atoms with Crippen LogP contribution in [0.15, 0.2) is 97.1 Å². The largest absolute Gasteiger partial charge is 0.399 e. The van der Waals surface area contributed by atoms with E-state index >= 15 is 0 Å². The molecule has 0 aliphatic rings. The molecule has 188 valence electrons. The highest BCUT2D eigenvalue weighted by atomic mass is 35.5. The fourth-order valence-electron chi connectivity index (χ4n) is 3.21. The molecule has 2 aromatic carbocycles. The molecule has 0 spiro atoms. The number of aryl methyl sites for hydroxylation is 1. The quantitative estimate of drug-likeness (QED) is 0.195. The number of rotatable bonds is 2. The van der Waals surface area contributed by atoms with Crippen LogP contribution in [0, 0.1) is 6.92 Å². The zero-order chi connectivity index (χ0) is 26.8. The molecule has 9 heteroatoms. The van der Waals surface area contributed by atoms with E-state index in [2.05, 4.69) is 15.0 Å². The molecular formula is C28H25Cl3N6. The van der Waals surface area contributed by atoms with Crippen molar-refractivity contribution in [1.82, 2.24) is 15.0 Å². The zero-order valence-electron chi connectivity index (χ0n) is 19.9. The Labute approximate surface area is 231 Å². The molecule has 37 heavy (non-hydrogen) atoms. The Kier molecular flexibility index (Phi) is 10.1. The molecule has 6 N–H and O–H groups in total. The molecule has 0 fully saturated rings. The molecule has 0 aliphatic carbocycles. The van der Waals surface area contributed by atoms with Gasteiger partial charge < -0.3 is 17.2 Å². The second-order valence-electron chi connectivity index (χ2n) is 7.81. The van der Waals surface area contributed by atoms with Crippen molar-refractivity contribution >= 4 is 51.9 Å². The predicted octanol–water partition coefficient (Wildman–Crippen LogP) is 7.59. The number of hydrogen-bond donors (Lipinski definition) is 3. The standard InChI is InChI=1S/C12H12N2.C11H9ClN2.C5H4Cl2N2/c1-9-7-11(13)8-12(14-9)10-5-3-2-4-6-10;12-11-7-9(13)6-10(14-11)8-4-2-1-3-5-8;6-4-1-3(8)2-5(7)9-4/h2-8H,1H3,(H2,13,14);1-7H,(H2,13,14);1-2H,(H2,8,9). The maximum atomic E-state index is 5.81. The minimum absolute atomic E-state index is 0.319. The van der Waals surface area contributed by atoms with E-state index in [1.807, 2.05) is 79.7 Å². The van der Waals surface area contributed by atoms with E-state index in [4.69, 9.17) is 52.0 Å². The smallest absolute Gasteiger partial charge is 0.132 e. The van der Waals surface area contributed by atoms with Gasteiger partial charge in [-0.15, -0.1) is 0 Å². The van der Waals surface area contributed by atoms with Crippen molar-refractivity contribution in [2.75, 3.05) is 17.2 Å². The minimum Gasteiger partial charge on any atom is -0.399 e. The van der Waals surface area contributed by atoms with Gasteiger partial charge in [0.25, 0.3) is 0 Å². The first kappa shape index (κ1) is 27.7. The van der Waals surface area contributed by atoms with Crippen molar-refractivity contribution in [2.24, 2.45) is 0 Å². The van der Waals surface area contributed by atoms with Crippen LogP contribution in [-0.4, -0.2) is 15.0 Å². The Hall–Kier alpha value is -3.84. The lowest BCUT2D eigenvalue weighted by atomic mass is 10.1. The number of nitrogen functional groups attached to an aromatic ring is 3. The topological polar surface area (TPSA) is 117 Å². The lowest BCUT2D eigenvalue weighted by Gasteiger charge is -2.03. The average molecular weight is 552 g/mol. The average Bonchev–Trinajstić information content (AvgIpc) is 2.84. The Balaban J connectivity index is 0.000000159. The maximum Gasteiger partial charge on any atom is 0.132 e. The number of pyridine rings is 3. The van der Waals surface area contributed by atoms with Gasteiger partial charge >= 0.3 is 0 Å². The number of nitrogens with two attached hydrogens (primary N) is 3. The Morgan fingerprint density at radius 2 is 0.865 bits per heavy atom. The number of halogens is 3. The summed E-state index contributed by atoms with van der Waals surface area (Å²) >= 11 is 16.8. The van der Waals surface area contributed by atoms with Gasteiger partial charge in [0.15, 0.2) is 0 Å². The van der Waals surface area contributed by atoms with E-state index < -0.39 is 0 Å². The molecule has 0 unspecified atom stereocenters. The van der Waals surface area contributed by atoms with E-state index in [0.717, 1.165) is 33.9 Å². The van der Waals surface area contributed by atoms with Gasteiger partial charge in [0.1, 0.15) is 15.5 Å². The van der Waals surface area contributed by atoms with Gasteiger partial charge in [-0.25, -0.2) is 9.97 Å². The highest BCUT2D eigenvalue weighted by molar-refractivity contribution is 6.32. The predicted molar refractivity (Wildman–Crippen MR) is 157 cm³/mol. The molecule has 3 heterocycles. The highest BCUT2D eigenvalue weighted by Crippen LogP contribution is 2.22. The molecule has 3 aromatic heterocycles. The van der Waals surface area contributed by atoms with Crippen LogP contribution in [0.25, 0.3) is 22.5 Å². The third-order valence-corrected chi connectivity index (χ3v) is 5.30. The van der Waals surface area contributed by atoms with E-state index in [-0.39, 0.29) is 0 Å². The highest BCUT2D eigenvalue weighted by Gasteiger charge is 2.01. The molecule has 0 bridgehead atoms. The molecule has 5 rings (SSSR count). The number of benzene rings is 2. The number of hydrogen-bond acceptors (Lipinski definition) is 6. The van der Waals surface area contributed by atoms with Crippen molar-refractivity contribution in [3.8, 4) is 22.5 Å². The molecular weight excluding hydrogens is 527 g/mol. The van der Waals surface area contributed by atoms with Gasteiger partial charge in [-0.05, 0) is 43.3 Å². The lowest BCUT2D eigenvalue weighted by Crippen LogP contribution is -1.91. The van der Waals surface area contributed by atoms with Crippen LogP contribution < -0.4 is 17.2 Å². The summed E-state index contributed by atoms with van der Waals surface area (Å²) in [5, 5.41) is 1.06. The summed E-state index contributed by atoms with van der Waals surface area (Å²) in [5.74, 6) is 0. The third-order valence-electron chi connectivity index (χ3n) is 4.72. The molecule has 0 atom stereocenters. The van der Waals surface area contributed by atoms with Crippen molar-refractivity contribution in [1.29, 1.82) is 0 Å². The van der Waals surface area contributed by atoms with Crippen LogP contribution >= 0.6 is 34.8 Å². The van der Waals surface area contributed by atoms with E-state index in [1.165, 1.54) is 12.1 Å². The first-order valence-corrected chi connectivity index (χ1v) is 12.2. The Morgan fingerprint density at radius 1 is 0.486 bits per heavy atom. The Bertz CT molecular complexity index is 1270. The number of nitrogens with zero attached hydrogens (tertiary/aromatic N) is 3. The SMILES string of the molecule is Cc1cc(N)cc(-c2ccccc2)n1.Nc1cc(Cl)nc(-c2ccccc2)c1.Nc1cc(Cl)nc(Cl)c1. The van der Waals surface area contributed by atoms with Crippen LogP contribution in [0.1, 0.15) is 5.69 Å². The van der Waals surface area contributed by atoms with Crippen LogP contribution in [0.5, 0.6) is 0 Å². The van der Waals surface area contributed by atoms with E-state index in [0.29, 0.717) is 26.8 Å². The van der Waals surface area contributed by atoms with Crippen LogP contribution in [0.4, 0.5) is 17.1 Å². The summed E-state index contributed by atoms with van der Waals surface area (Å²) in [6, 6.07) is 30.1.